The maximum absolute atomic E-state index is 9.13. The largest absolute Gasteiger partial charge is 0.496 e. The highest BCUT2D eigenvalue weighted by Crippen LogP contribution is 2.37. The Balaban J connectivity index is 2.77. The second-order valence-electron chi connectivity index (χ2n) is 2.88. The maximum atomic E-state index is 9.13. The van der Waals surface area contributed by atoms with E-state index in [2.05, 4.69) is 0 Å². The Morgan fingerprint density at radius 2 is 2.29 bits per heavy atom. The minimum atomic E-state index is 0.0251. The van der Waals surface area contributed by atoms with Crippen LogP contribution in [-0.4, -0.2) is 12.2 Å². The van der Waals surface area contributed by atoms with Gasteiger partial charge in [-0.2, -0.15) is 0 Å². The fourth-order valence-electron chi connectivity index (χ4n) is 1.43. The number of methoxy groups -OCH3 is 1. The molecule has 0 saturated carbocycles. The number of hydrogen-bond donors (Lipinski definition) is 1. The number of benzene rings is 1. The van der Waals surface area contributed by atoms with Crippen molar-refractivity contribution in [3.63, 3.8) is 0 Å². The highest BCUT2D eigenvalue weighted by atomic mass is 35.5. The molecule has 0 aliphatic carbocycles. The lowest BCUT2D eigenvalue weighted by Crippen LogP contribution is -1.87. The quantitative estimate of drug-likeness (QED) is 0.856. The number of thiophene rings is 1. The molecule has 2 rings (SSSR count). The average molecular weight is 229 g/mol. The Kier molecular flexibility index (Phi) is 2.63. The lowest BCUT2D eigenvalue weighted by Gasteiger charge is -2.03. The van der Waals surface area contributed by atoms with Gasteiger partial charge in [-0.3, -0.25) is 0 Å². The van der Waals surface area contributed by atoms with Crippen molar-refractivity contribution in [2.45, 2.75) is 6.61 Å². The summed E-state index contributed by atoms with van der Waals surface area (Å²) in [4.78, 5) is 0. The van der Waals surface area contributed by atoms with Gasteiger partial charge < -0.3 is 9.84 Å². The SMILES string of the molecule is COc1ccc(CO)c2sc(Cl)cc12. The third kappa shape index (κ3) is 1.47. The number of ether oxygens (including phenoxy) is 1. The normalized spacial score (nSPS) is 10.8. The van der Waals surface area contributed by atoms with Gasteiger partial charge >= 0.3 is 0 Å². The van der Waals surface area contributed by atoms with Gasteiger partial charge in [-0.15, -0.1) is 11.3 Å². The fraction of sp³-hybridized carbons (Fsp3) is 0.200. The summed E-state index contributed by atoms with van der Waals surface area (Å²) in [5, 5.41) is 10.1. The smallest absolute Gasteiger partial charge is 0.127 e. The van der Waals surface area contributed by atoms with Gasteiger partial charge in [0, 0.05) is 10.1 Å². The molecule has 0 spiro atoms. The third-order valence-electron chi connectivity index (χ3n) is 2.09. The highest BCUT2D eigenvalue weighted by molar-refractivity contribution is 7.22. The van der Waals surface area contributed by atoms with Crippen molar-refractivity contribution in [1.82, 2.24) is 0 Å². The van der Waals surface area contributed by atoms with Crippen molar-refractivity contribution in [2.24, 2.45) is 0 Å². The number of fused-ring (bicyclic) bond motifs is 1. The van der Waals surface area contributed by atoms with Crippen molar-refractivity contribution in [3.05, 3.63) is 28.1 Å². The van der Waals surface area contributed by atoms with E-state index >= 15 is 0 Å². The second-order valence-corrected chi connectivity index (χ2v) is 4.56. The molecule has 0 bridgehead atoms. The zero-order valence-electron chi connectivity index (χ0n) is 7.58. The summed E-state index contributed by atoms with van der Waals surface area (Å²) in [7, 11) is 1.62. The zero-order valence-corrected chi connectivity index (χ0v) is 9.15. The van der Waals surface area contributed by atoms with E-state index in [-0.39, 0.29) is 6.61 Å². The Morgan fingerprint density at radius 3 is 2.93 bits per heavy atom. The molecule has 0 aliphatic heterocycles. The molecule has 0 unspecified atom stereocenters. The lowest BCUT2D eigenvalue weighted by atomic mass is 10.1. The molecular weight excluding hydrogens is 220 g/mol. The van der Waals surface area contributed by atoms with Crippen LogP contribution in [0.4, 0.5) is 0 Å². The number of halogens is 1. The van der Waals surface area contributed by atoms with Gasteiger partial charge in [-0.25, -0.2) is 0 Å². The van der Waals surface area contributed by atoms with Gasteiger partial charge in [-0.1, -0.05) is 17.7 Å². The van der Waals surface area contributed by atoms with Gasteiger partial charge in [0.2, 0.25) is 0 Å². The Labute approximate surface area is 90.7 Å². The van der Waals surface area contributed by atoms with Crippen molar-refractivity contribution >= 4 is 33.0 Å². The van der Waals surface area contributed by atoms with Crippen LogP contribution in [0.5, 0.6) is 5.75 Å². The Bertz CT molecular complexity index is 423. The van der Waals surface area contributed by atoms with E-state index in [0.29, 0.717) is 4.34 Å². The fourth-order valence-corrected chi connectivity index (χ4v) is 2.67. The first-order valence-electron chi connectivity index (χ1n) is 4.12. The van der Waals surface area contributed by atoms with Gasteiger partial charge in [0.05, 0.1) is 18.1 Å². The zero-order chi connectivity index (χ0) is 10.1. The molecule has 0 atom stereocenters. The van der Waals surface area contributed by atoms with E-state index in [1.54, 1.807) is 7.11 Å². The van der Waals surface area contributed by atoms with Crippen LogP contribution in [0.3, 0.4) is 0 Å². The van der Waals surface area contributed by atoms with E-state index in [9.17, 15) is 0 Å². The summed E-state index contributed by atoms with van der Waals surface area (Å²) >= 11 is 7.38. The van der Waals surface area contributed by atoms with Crippen LogP contribution in [0.1, 0.15) is 5.56 Å². The molecule has 2 aromatic rings. The van der Waals surface area contributed by atoms with Crippen LogP contribution in [0, 0.1) is 0 Å². The van der Waals surface area contributed by atoms with Crippen LogP contribution in [0.15, 0.2) is 18.2 Å². The van der Waals surface area contributed by atoms with Gasteiger partial charge in [0.15, 0.2) is 0 Å². The van der Waals surface area contributed by atoms with Crippen molar-refractivity contribution < 1.29 is 9.84 Å². The minimum Gasteiger partial charge on any atom is -0.496 e. The summed E-state index contributed by atoms with van der Waals surface area (Å²) in [6, 6.07) is 5.56. The first kappa shape index (κ1) is 9.77. The molecule has 1 aromatic carbocycles. The average Bonchev–Trinajstić information content (AvgIpc) is 2.57. The van der Waals surface area contributed by atoms with Crippen LogP contribution < -0.4 is 4.74 Å². The molecule has 0 fully saturated rings. The number of aliphatic hydroxyl groups excluding tert-OH is 1. The van der Waals surface area contributed by atoms with Crippen LogP contribution in [-0.2, 0) is 6.61 Å². The monoisotopic (exact) mass is 228 g/mol. The summed E-state index contributed by atoms with van der Waals surface area (Å²) in [6.07, 6.45) is 0. The molecule has 0 saturated heterocycles. The number of rotatable bonds is 2. The Hall–Kier alpha value is -0.770. The van der Waals surface area contributed by atoms with Gasteiger partial charge in [0.25, 0.3) is 0 Å². The predicted octanol–water partition coefficient (Wildman–Crippen LogP) is 3.06. The first-order chi connectivity index (χ1) is 6.76. The van der Waals surface area contributed by atoms with E-state index in [0.717, 1.165) is 21.4 Å². The topological polar surface area (TPSA) is 29.5 Å². The van der Waals surface area contributed by atoms with Crippen molar-refractivity contribution in [1.29, 1.82) is 0 Å². The molecule has 0 radical (unpaired) electrons. The molecule has 4 heteroatoms. The summed E-state index contributed by atoms with van der Waals surface area (Å²) < 4.78 is 6.91. The second kappa shape index (κ2) is 3.77. The first-order valence-corrected chi connectivity index (χ1v) is 5.31. The molecule has 2 nitrogen and oxygen atoms in total. The third-order valence-corrected chi connectivity index (χ3v) is 3.42. The van der Waals surface area contributed by atoms with Crippen molar-refractivity contribution in [3.8, 4) is 5.75 Å². The summed E-state index contributed by atoms with van der Waals surface area (Å²) in [6.45, 7) is 0.0251. The minimum absolute atomic E-state index is 0.0251. The molecule has 74 valence electrons. The molecule has 0 aliphatic rings. The van der Waals surface area contributed by atoms with Crippen LogP contribution in [0.2, 0.25) is 4.34 Å². The van der Waals surface area contributed by atoms with Crippen molar-refractivity contribution in [2.75, 3.05) is 7.11 Å². The van der Waals surface area contributed by atoms with E-state index in [4.69, 9.17) is 21.4 Å². The van der Waals surface area contributed by atoms with Gasteiger partial charge in [0.1, 0.15) is 5.75 Å². The van der Waals surface area contributed by atoms with E-state index in [1.807, 2.05) is 18.2 Å². The molecule has 0 amide bonds. The molecule has 1 N–H and O–H groups in total. The maximum Gasteiger partial charge on any atom is 0.127 e. The van der Waals surface area contributed by atoms with Crippen LogP contribution >= 0.6 is 22.9 Å². The summed E-state index contributed by atoms with van der Waals surface area (Å²) in [5.74, 6) is 0.792. The Morgan fingerprint density at radius 1 is 1.50 bits per heavy atom. The van der Waals surface area contributed by atoms with Crippen LogP contribution in [0.25, 0.3) is 10.1 Å². The molecule has 1 heterocycles. The molecule has 1 aromatic heterocycles. The lowest BCUT2D eigenvalue weighted by molar-refractivity contribution is 0.283. The standard InChI is InChI=1S/C10H9ClO2S/c1-13-8-3-2-6(5-12)10-7(8)4-9(11)14-10/h2-4,12H,5H2,1H3. The number of hydrogen-bond acceptors (Lipinski definition) is 3. The van der Waals surface area contributed by atoms with E-state index < -0.39 is 0 Å². The predicted molar refractivity (Wildman–Crippen MR) is 59.3 cm³/mol. The number of aliphatic hydroxyl groups is 1. The summed E-state index contributed by atoms with van der Waals surface area (Å²) in [5.41, 5.74) is 0.887. The molecule has 14 heavy (non-hydrogen) atoms. The van der Waals surface area contributed by atoms with E-state index in [1.165, 1.54) is 11.3 Å². The van der Waals surface area contributed by atoms with Gasteiger partial charge in [-0.05, 0) is 17.7 Å². The highest BCUT2D eigenvalue weighted by Gasteiger charge is 2.09. The molecular formula is C10H9ClO2S.